The highest BCUT2D eigenvalue weighted by Crippen LogP contribution is 2.36. The van der Waals surface area contributed by atoms with Gasteiger partial charge >= 0.3 is 0 Å². The van der Waals surface area contributed by atoms with Gasteiger partial charge in [-0.3, -0.25) is 14.5 Å². The van der Waals surface area contributed by atoms with Crippen LogP contribution in [0.25, 0.3) is 28.1 Å². The molecular weight excluding hydrogens is 484 g/mol. The Kier molecular flexibility index (Phi) is 5.36. The number of nitrogens with zero attached hydrogens (tertiary/aromatic N) is 5. The predicted octanol–water partition coefficient (Wildman–Crippen LogP) is 3.20. The Labute approximate surface area is 217 Å². The van der Waals surface area contributed by atoms with Gasteiger partial charge in [0.05, 0.1) is 47.9 Å². The van der Waals surface area contributed by atoms with Crippen LogP contribution in [0.3, 0.4) is 0 Å². The lowest BCUT2D eigenvalue weighted by atomic mass is 9.99. The van der Waals surface area contributed by atoms with Gasteiger partial charge in [0.1, 0.15) is 17.6 Å². The van der Waals surface area contributed by atoms with Crippen molar-refractivity contribution < 1.29 is 13.9 Å². The second kappa shape index (κ2) is 8.91. The number of carbonyl (C=O) groups is 1. The average molecular weight is 511 g/mol. The number of nitrogens with one attached hydrogen (secondary N) is 3. The van der Waals surface area contributed by atoms with Gasteiger partial charge in [-0.25, -0.2) is 15.0 Å². The van der Waals surface area contributed by atoms with Gasteiger partial charge in [-0.1, -0.05) is 6.07 Å². The van der Waals surface area contributed by atoms with E-state index in [1.165, 1.54) is 0 Å². The topological polar surface area (TPSA) is 122 Å². The smallest absolute Gasteiger partial charge is 0.254 e. The Balaban J connectivity index is 1.29. The minimum absolute atomic E-state index is 0.123. The number of rotatable bonds is 6. The van der Waals surface area contributed by atoms with Gasteiger partial charge in [0.25, 0.3) is 5.91 Å². The van der Waals surface area contributed by atoms with Gasteiger partial charge in [-0.15, -0.1) is 0 Å². The molecule has 2 aliphatic heterocycles. The van der Waals surface area contributed by atoms with Crippen molar-refractivity contribution in [3.05, 3.63) is 71.4 Å². The van der Waals surface area contributed by atoms with Crippen molar-refractivity contribution in [2.24, 2.45) is 0 Å². The third-order valence-electron chi connectivity index (χ3n) is 6.93. The summed E-state index contributed by atoms with van der Waals surface area (Å²) in [6, 6.07) is 9.77. The van der Waals surface area contributed by atoms with Crippen molar-refractivity contribution in [3.8, 4) is 11.3 Å². The number of fused-ring (bicyclic) bond motifs is 4. The van der Waals surface area contributed by atoms with Crippen LogP contribution in [-0.4, -0.2) is 57.4 Å². The third kappa shape index (κ3) is 3.71. The van der Waals surface area contributed by atoms with Crippen molar-refractivity contribution in [3.63, 3.8) is 0 Å². The second-order valence-corrected chi connectivity index (χ2v) is 9.70. The van der Waals surface area contributed by atoms with Crippen LogP contribution in [-0.2, 0) is 17.8 Å². The van der Waals surface area contributed by atoms with Crippen molar-refractivity contribution in [1.82, 2.24) is 34.9 Å². The number of ether oxygens (including phenoxy) is 1. The number of imidazole rings is 1. The number of hydrogen-bond donors (Lipinski definition) is 3. The molecule has 7 rings (SSSR count). The average Bonchev–Trinajstić information content (AvgIpc) is 3.70. The largest absolute Gasteiger partial charge is 0.445 e. The molecule has 1 amide bonds. The van der Waals surface area contributed by atoms with E-state index >= 15 is 0 Å². The molecule has 38 heavy (non-hydrogen) atoms. The van der Waals surface area contributed by atoms with E-state index in [-0.39, 0.29) is 12.1 Å². The molecule has 11 heteroatoms. The van der Waals surface area contributed by atoms with Gasteiger partial charge in [-0.2, -0.15) is 0 Å². The standard InChI is InChI=1S/C27H26N8O3/c1-34(2)14-19-16(26-28-8-10-38-26)4-6-22(33-19)32-18-5-3-15(17-11-30-25(36)24(17)18)21-12-29-23-13-31-27-20(35(21)23)7-9-37-27/h3-7,9,12-13,26,28H,8,10-11,14H2,1-2H3,(H,30,36)(H,32,33). The van der Waals surface area contributed by atoms with Gasteiger partial charge in [0.2, 0.25) is 5.71 Å². The van der Waals surface area contributed by atoms with Crippen LogP contribution < -0.4 is 16.0 Å². The highest BCUT2D eigenvalue weighted by Gasteiger charge is 2.28. The Hall–Kier alpha value is -4.32. The Morgan fingerprint density at radius 3 is 2.92 bits per heavy atom. The van der Waals surface area contributed by atoms with E-state index < -0.39 is 0 Å². The van der Waals surface area contributed by atoms with E-state index in [1.807, 2.05) is 55.0 Å². The van der Waals surface area contributed by atoms with Crippen LogP contribution in [0.4, 0.5) is 11.5 Å². The summed E-state index contributed by atoms with van der Waals surface area (Å²) in [6.07, 6.45) is 4.94. The second-order valence-electron chi connectivity index (χ2n) is 9.70. The lowest BCUT2D eigenvalue weighted by molar-refractivity contribution is 0.0966. The van der Waals surface area contributed by atoms with Crippen LogP contribution in [0, 0.1) is 0 Å². The van der Waals surface area contributed by atoms with E-state index in [1.54, 1.807) is 12.5 Å². The van der Waals surface area contributed by atoms with Crippen LogP contribution in [0.15, 0.2) is 53.4 Å². The molecule has 6 heterocycles. The van der Waals surface area contributed by atoms with Crippen molar-refractivity contribution >= 4 is 34.3 Å². The molecule has 0 saturated carbocycles. The zero-order chi connectivity index (χ0) is 25.8. The molecule has 2 aliphatic rings. The van der Waals surface area contributed by atoms with E-state index in [0.717, 1.165) is 40.1 Å². The summed E-state index contributed by atoms with van der Waals surface area (Å²) in [4.78, 5) is 28.9. The zero-order valence-corrected chi connectivity index (χ0v) is 21.0. The molecule has 1 aromatic carbocycles. The molecule has 1 fully saturated rings. The molecule has 0 spiro atoms. The normalized spacial score (nSPS) is 17.0. The zero-order valence-electron chi connectivity index (χ0n) is 21.0. The van der Waals surface area contributed by atoms with Crippen LogP contribution in [0.2, 0.25) is 0 Å². The van der Waals surface area contributed by atoms with Crippen LogP contribution in [0.5, 0.6) is 0 Å². The number of carbonyl (C=O) groups excluding carboxylic acids is 1. The molecule has 11 nitrogen and oxygen atoms in total. The van der Waals surface area contributed by atoms with Crippen molar-refractivity contribution in [2.45, 2.75) is 19.3 Å². The highest BCUT2D eigenvalue weighted by molar-refractivity contribution is 6.06. The van der Waals surface area contributed by atoms with E-state index in [4.69, 9.17) is 14.1 Å². The van der Waals surface area contributed by atoms with Crippen LogP contribution >= 0.6 is 0 Å². The molecular formula is C27H26N8O3. The number of pyridine rings is 1. The first-order valence-corrected chi connectivity index (χ1v) is 12.5. The van der Waals surface area contributed by atoms with Crippen LogP contribution in [0.1, 0.15) is 33.4 Å². The first-order valence-electron chi connectivity index (χ1n) is 12.5. The molecule has 1 saturated heterocycles. The number of amides is 1. The van der Waals surface area contributed by atoms with Gasteiger partial charge in [0.15, 0.2) is 5.65 Å². The summed E-state index contributed by atoms with van der Waals surface area (Å²) in [5, 5.41) is 9.75. The molecule has 3 N–H and O–H groups in total. The lowest BCUT2D eigenvalue weighted by Gasteiger charge is -2.19. The van der Waals surface area contributed by atoms with Gasteiger partial charge in [0, 0.05) is 36.8 Å². The molecule has 0 radical (unpaired) electrons. The lowest BCUT2D eigenvalue weighted by Crippen LogP contribution is -2.20. The van der Waals surface area contributed by atoms with E-state index in [2.05, 4.69) is 30.8 Å². The molecule has 0 aliphatic carbocycles. The van der Waals surface area contributed by atoms with Crippen molar-refractivity contribution in [1.29, 1.82) is 0 Å². The number of furan rings is 1. The fraction of sp³-hybridized carbons (Fsp3) is 0.259. The monoisotopic (exact) mass is 510 g/mol. The number of hydrogen-bond acceptors (Lipinski definition) is 9. The predicted molar refractivity (Wildman–Crippen MR) is 141 cm³/mol. The fourth-order valence-corrected chi connectivity index (χ4v) is 5.28. The number of benzene rings is 1. The molecule has 0 bridgehead atoms. The third-order valence-corrected chi connectivity index (χ3v) is 6.93. The minimum Gasteiger partial charge on any atom is -0.445 e. The SMILES string of the molecule is CN(C)Cc1nc(Nc2ccc(-c3cnc4cnc5occc5n34)c3c2C(=O)NC3)ccc1C1NCCO1. The molecule has 192 valence electrons. The van der Waals surface area contributed by atoms with E-state index in [9.17, 15) is 4.79 Å². The number of aromatic nitrogens is 4. The molecule has 1 atom stereocenters. The summed E-state index contributed by atoms with van der Waals surface area (Å²) in [6.45, 7) is 2.58. The molecule has 4 aromatic heterocycles. The Morgan fingerprint density at radius 1 is 1.16 bits per heavy atom. The summed E-state index contributed by atoms with van der Waals surface area (Å²) in [7, 11) is 4.02. The minimum atomic E-state index is -0.164. The first-order chi connectivity index (χ1) is 18.6. The van der Waals surface area contributed by atoms with Gasteiger partial charge in [-0.05, 0) is 37.9 Å². The summed E-state index contributed by atoms with van der Waals surface area (Å²) < 4.78 is 13.3. The fourth-order valence-electron chi connectivity index (χ4n) is 5.28. The summed E-state index contributed by atoms with van der Waals surface area (Å²) >= 11 is 0. The first kappa shape index (κ1) is 22.8. The Morgan fingerprint density at radius 2 is 2.08 bits per heavy atom. The van der Waals surface area contributed by atoms with E-state index in [0.29, 0.717) is 48.1 Å². The Bertz CT molecular complexity index is 1700. The maximum Gasteiger partial charge on any atom is 0.254 e. The summed E-state index contributed by atoms with van der Waals surface area (Å²) in [5.41, 5.74) is 8.01. The highest BCUT2D eigenvalue weighted by atomic mass is 16.5. The number of anilines is 2. The maximum atomic E-state index is 13.0. The molecule has 1 unspecified atom stereocenters. The quantitative estimate of drug-likeness (QED) is 0.316. The van der Waals surface area contributed by atoms with Gasteiger partial charge < -0.3 is 24.7 Å². The van der Waals surface area contributed by atoms with Crippen molar-refractivity contribution in [2.75, 3.05) is 32.6 Å². The summed E-state index contributed by atoms with van der Waals surface area (Å²) in [5.74, 6) is 0.543. The molecule has 5 aromatic rings. The maximum absolute atomic E-state index is 13.0.